The number of amides is 1. The van der Waals surface area contributed by atoms with Crippen molar-refractivity contribution in [2.75, 3.05) is 0 Å². The Labute approximate surface area is 156 Å². The first-order valence-electron chi connectivity index (χ1n) is 9.37. The van der Waals surface area contributed by atoms with Crippen LogP contribution in [0, 0.1) is 0 Å². The summed E-state index contributed by atoms with van der Waals surface area (Å²) in [6, 6.07) is 6.25. The van der Waals surface area contributed by atoms with Crippen LogP contribution in [0.25, 0.3) is 0 Å². The largest absolute Gasteiger partial charge is 0.481 e. The highest BCUT2D eigenvalue weighted by Gasteiger charge is 2.21. The quantitative estimate of drug-likeness (QED) is 0.710. The van der Waals surface area contributed by atoms with E-state index in [1.165, 1.54) is 25.0 Å². The van der Waals surface area contributed by atoms with E-state index in [4.69, 9.17) is 4.74 Å². The fraction of sp³-hybridized carbons (Fsp3) is 0.632. The summed E-state index contributed by atoms with van der Waals surface area (Å²) in [5.74, 6) is 0.261. The monoisotopic (exact) mass is 382 g/mol. The molecule has 1 aliphatic rings. The van der Waals surface area contributed by atoms with Gasteiger partial charge in [0.1, 0.15) is 5.75 Å². The molecular weight excluding hydrogens is 352 g/mol. The lowest BCUT2D eigenvalue weighted by atomic mass is 10.1. The molecular formula is C19H30N2O4S. The lowest BCUT2D eigenvalue weighted by Crippen LogP contribution is -2.40. The van der Waals surface area contributed by atoms with Crippen molar-refractivity contribution >= 4 is 15.9 Å². The first-order chi connectivity index (χ1) is 12.3. The first-order valence-corrected chi connectivity index (χ1v) is 10.9. The summed E-state index contributed by atoms with van der Waals surface area (Å²) < 4.78 is 33.5. The van der Waals surface area contributed by atoms with Crippen LogP contribution in [-0.2, 0) is 14.8 Å². The lowest BCUT2D eigenvalue weighted by molar-refractivity contribution is -0.127. The zero-order valence-electron chi connectivity index (χ0n) is 15.8. The standard InChI is InChI=1S/C19H30N2O4S/c1-14(2)20-19(22)15(3)25-17-10-12-18(13-11-17)26(23,24)21-16-8-6-4-5-7-9-16/h10-16,21H,4-9H2,1-3H3,(H,20,22)/t15-/m1/s1. The maximum Gasteiger partial charge on any atom is 0.260 e. The smallest absolute Gasteiger partial charge is 0.260 e. The Morgan fingerprint density at radius 1 is 1.04 bits per heavy atom. The highest BCUT2D eigenvalue weighted by atomic mass is 32.2. The molecule has 0 spiro atoms. The van der Waals surface area contributed by atoms with Crippen LogP contribution in [0.3, 0.4) is 0 Å². The van der Waals surface area contributed by atoms with E-state index in [0.717, 1.165) is 25.7 Å². The van der Waals surface area contributed by atoms with Crippen molar-refractivity contribution in [2.45, 2.75) is 82.4 Å². The number of ether oxygens (including phenoxy) is 1. The molecule has 0 aliphatic heterocycles. The predicted molar refractivity (Wildman–Crippen MR) is 102 cm³/mol. The average molecular weight is 383 g/mol. The second kappa shape index (κ2) is 9.37. The van der Waals surface area contributed by atoms with Gasteiger partial charge in [0.2, 0.25) is 10.0 Å². The molecule has 0 unspecified atom stereocenters. The number of hydrogen-bond acceptors (Lipinski definition) is 4. The van der Waals surface area contributed by atoms with Gasteiger partial charge in [-0.2, -0.15) is 0 Å². The summed E-state index contributed by atoms with van der Waals surface area (Å²) in [5.41, 5.74) is 0. The molecule has 1 saturated carbocycles. The minimum Gasteiger partial charge on any atom is -0.481 e. The van der Waals surface area contributed by atoms with Crippen LogP contribution >= 0.6 is 0 Å². The molecule has 2 N–H and O–H groups in total. The normalized spacial score (nSPS) is 17.5. The number of rotatable bonds is 7. The molecule has 0 aromatic heterocycles. The second-order valence-corrected chi connectivity index (χ2v) is 8.92. The summed E-state index contributed by atoms with van der Waals surface area (Å²) in [4.78, 5) is 12.1. The first kappa shape index (κ1) is 20.7. The molecule has 6 nitrogen and oxygen atoms in total. The third-order valence-electron chi connectivity index (χ3n) is 4.42. The van der Waals surface area contributed by atoms with E-state index >= 15 is 0 Å². The van der Waals surface area contributed by atoms with Crippen LogP contribution < -0.4 is 14.8 Å². The number of carbonyl (C=O) groups is 1. The predicted octanol–water partition coefficient (Wildman–Crippen LogP) is 2.98. The van der Waals surface area contributed by atoms with E-state index in [2.05, 4.69) is 10.0 Å². The summed E-state index contributed by atoms with van der Waals surface area (Å²) in [7, 11) is -3.54. The molecule has 1 fully saturated rings. The lowest BCUT2D eigenvalue weighted by Gasteiger charge is -2.18. The van der Waals surface area contributed by atoms with Gasteiger partial charge in [0.25, 0.3) is 5.91 Å². The topological polar surface area (TPSA) is 84.5 Å². The number of benzene rings is 1. The van der Waals surface area contributed by atoms with Crippen LogP contribution in [0.5, 0.6) is 5.75 Å². The molecule has 0 bridgehead atoms. The highest BCUT2D eigenvalue weighted by Crippen LogP contribution is 2.21. The van der Waals surface area contributed by atoms with Gasteiger partial charge in [0.05, 0.1) is 4.90 Å². The molecule has 1 aromatic rings. The van der Waals surface area contributed by atoms with E-state index < -0.39 is 16.1 Å². The van der Waals surface area contributed by atoms with Crippen molar-refractivity contribution in [3.8, 4) is 5.75 Å². The van der Waals surface area contributed by atoms with Gasteiger partial charge in [-0.05, 0) is 57.9 Å². The summed E-state index contributed by atoms with van der Waals surface area (Å²) in [6.45, 7) is 5.42. The van der Waals surface area contributed by atoms with Crippen LogP contribution in [0.4, 0.5) is 0 Å². The molecule has 1 amide bonds. The van der Waals surface area contributed by atoms with Gasteiger partial charge in [-0.3, -0.25) is 4.79 Å². The summed E-state index contributed by atoms with van der Waals surface area (Å²) in [6.07, 6.45) is 5.61. The zero-order chi connectivity index (χ0) is 19.2. The molecule has 0 saturated heterocycles. The minimum atomic E-state index is -3.54. The van der Waals surface area contributed by atoms with Gasteiger partial charge in [0, 0.05) is 12.1 Å². The van der Waals surface area contributed by atoms with Crippen molar-refractivity contribution in [1.29, 1.82) is 0 Å². The Morgan fingerprint density at radius 3 is 2.15 bits per heavy atom. The van der Waals surface area contributed by atoms with Crippen LogP contribution in [0.1, 0.15) is 59.3 Å². The van der Waals surface area contributed by atoms with Crippen LogP contribution in [-0.4, -0.2) is 32.5 Å². The number of hydrogen-bond donors (Lipinski definition) is 2. The van der Waals surface area contributed by atoms with E-state index in [-0.39, 0.29) is 22.9 Å². The maximum absolute atomic E-state index is 12.6. The Morgan fingerprint density at radius 2 is 1.62 bits per heavy atom. The van der Waals surface area contributed by atoms with Crippen molar-refractivity contribution in [3.63, 3.8) is 0 Å². The van der Waals surface area contributed by atoms with E-state index in [1.54, 1.807) is 19.1 Å². The van der Waals surface area contributed by atoms with Crippen molar-refractivity contribution < 1.29 is 17.9 Å². The Balaban J connectivity index is 1.97. The molecule has 1 atom stereocenters. The summed E-state index contributed by atoms with van der Waals surface area (Å²) >= 11 is 0. The molecule has 0 radical (unpaired) electrons. The Bertz CT molecular complexity index is 678. The Kier molecular flexibility index (Phi) is 7.46. The van der Waals surface area contributed by atoms with Crippen LogP contribution in [0.2, 0.25) is 0 Å². The number of sulfonamides is 1. The molecule has 1 aliphatic carbocycles. The van der Waals surface area contributed by atoms with Gasteiger partial charge < -0.3 is 10.1 Å². The van der Waals surface area contributed by atoms with Gasteiger partial charge >= 0.3 is 0 Å². The third-order valence-corrected chi connectivity index (χ3v) is 5.96. The number of nitrogens with one attached hydrogen (secondary N) is 2. The second-order valence-electron chi connectivity index (χ2n) is 7.20. The molecule has 146 valence electrons. The van der Waals surface area contributed by atoms with E-state index in [0.29, 0.717) is 5.75 Å². The van der Waals surface area contributed by atoms with Crippen molar-refractivity contribution in [3.05, 3.63) is 24.3 Å². The fourth-order valence-electron chi connectivity index (χ4n) is 3.04. The molecule has 1 aromatic carbocycles. The zero-order valence-corrected chi connectivity index (χ0v) is 16.6. The number of carbonyl (C=O) groups excluding carboxylic acids is 1. The minimum absolute atomic E-state index is 0.0122. The Hall–Kier alpha value is -1.60. The van der Waals surface area contributed by atoms with Gasteiger partial charge in [-0.1, -0.05) is 25.7 Å². The third kappa shape index (κ3) is 6.29. The molecule has 2 rings (SSSR count). The SMILES string of the molecule is CC(C)NC(=O)[C@@H](C)Oc1ccc(S(=O)(=O)NC2CCCCCC2)cc1. The van der Waals surface area contributed by atoms with E-state index in [9.17, 15) is 13.2 Å². The van der Waals surface area contributed by atoms with E-state index in [1.807, 2.05) is 13.8 Å². The molecule has 26 heavy (non-hydrogen) atoms. The molecule has 7 heteroatoms. The highest BCUT2D eigenvalue weighted by molar-refractivity contribution is 7.89. The van der Waals surface area contributed by atoms with Gasteiger partial charge in [0.15, 0.2) is 6.10 Å². The van der Waals surface area contributed by atoms with Crippen molar-refractivity contribution in [1.82, 2.24) is 10.0 Å². The summed E-state index contributed by atoms with van der Waals surface area (Å²) in [5, 5.41) is 2.78. The van der Waals surface area contributed by atoms with Gasteiger partial charge in [-0.15, -0.1) is 0 Å². The average Bonchev–Trinajstić information content (AvgIpc) is 2.83. The van der Waals surface area contributed by atoms with Crippen LogP contribution in [0.15, 0.2) is 29.2 Å². The van der Waals surface area contributed by atoms with Gasteiger partial charge in [-0.25, -0.2) is 13.1 Å². The van der Waals surface area contributed by atoms with Crippen molar-refractivity contribution in [2.24, 2.45) is 0 Å². The fourth-order valence-corrected chi connectivity index (χ4v) is 4.35. The maximum atomic E-state index is 12.6. The molecule has 0 heterocycles.